The topological polar surface area (TPSA) is 27.8 Å². The van der Waals surface area contributed by atoms with Crippen LogP contribution < -0.4 is 20.3 Å². The van der Waals surface area contributed by atoms with E-state index in [0.29, 0.717) is 0 Å². The van der Waals surface area contributed by atoms with Gasteiger partial charge in [-0.25, -0.2) is 0 Å². The lowest BCUT2D eigenvalue weighted by atomic mass is 9.50. The number of nitrogens with zero attached hydrogens (tertiary/aromatic N) is 2. The highest BCUT2D eigenvalue weighted by molar-refractivity contribution is 6.84. The standard InChI is InChI=1S/C54H31BN2O2/c1-5-19-46-37(13-1)38-14-2-6-20-47(38)56(46)36-12-9-11-32(27-36)34-24-26-51-45(30-34)55-53-44(40-16-4-8-22-50(40)59-55)29-35(31-52(53)58-51)33-23-25-49-43(28-33)42-18-10-17-41-39-15-3-7-21-48(39)57(49)54(41)42/h1-31H. The molecule has 3 aromatic heterocycles. The highest BCUT2D eigenvalue weighted by Gasteiger charge is 2.41. The first-order chi connectivity index (χ1) is 29.2. The number of benzene rings is 9. The van der Waals surface area contributed by atoms with Gasteiger partial charge in [0.15, 0.2) is 0 Å². The largest absolute Gasteiger partial charge is 0.551 e. The number of ether oxygens (including phenoxy) is 1. The second-order valence-electron chi connectivity index (χ2n) is 16.0. The quantitative estimate of drug-likeness (QED) is 0.168. The molecule has 0 fully saturated rings. The fourth-order valence-corrected chi connectivity index (χ4v) is 10.3. The van der Waals surface area contributed by atoms with E-state index < -0.39 is 0 Å². The summed E-state index contributed by atoms with van der Waals surface area (Å²) in [6.45, 7) is -0.315. The van der Waals surface area contributed by atoms with Gasteiger partial charge in [0.2, 0.25) is 0 Å². The van der Waals surface area contributed by atoms with Gasteiger partial charge in [-0.3, -0.25) is 0 Å². The number of fused-ring (bicyclic) bond motifs is 13. The van der Waals surface area contributed by atoms with Crippen LogP contribution in [0.5, 0.6) is 17.2 Å². The van der Waals surface area contributed by atoms with Gasteiger partial charge in [-0.05, 0) is 94.5 Å². The van der Waals surface area contributed by atoms with Crippen LogP contribution >= 0.6 is 0 Å². The van der Waals surface area contributed by atoms with Gasteiger partial charge < -0.3 is 18.4 Å². The Morgan fingerprint density at radius 3 is 1.83 bits per heavy atom. The van der Waals surface area contributed by atoms with Gasteiger partial charge in [-0.2, -0.15) is 0 Å². The number of para-hydroxylation sites is 5. The fourth-order valence-electron chi connectivity index (χ4n) is 10.3. The van der Waals surface area contributed by atoms with Crippen molar-refractivity contribution in [2.24, 2.45) is 0 Å². The molecule has 0 atom stereocenters. The van der Waals surface area contributed by atoms with E-state index in [1.165, 1.54) is 59.9 Å². The molecule has 12 aromatic rings. The lowest BCUT2D eigenvalue weighted by Gasteiger charge is -2.33. The first kappa shape index (κ1) is 31.3. The molecule has 4 nitrogen and oxygen atoms in total. The molecule has 0 spiro atoms. The fraction of sp³-hybridized carbons (Fsp3) is 0. The first-order valence-corrected chi connectivity index (χ1v) is 20.3. The number of rotatable bonds is 3. The summed E-state index contributed by atoms with van der Waals surface area (Å²) in [6, 6.07) is 68.0. The van der Waals surface area contributed by atoms with Crippen LogP contribution in [-0.2, 0) is 0 Å². The third-order valence-corrected chi connectivity index (χ3v) is 12.9. The Morgan fingerprint density at radius 2 is 1.00 bits per heavy atom. The van der Waals surface area contributed by atoms with Crippen molar-refractivity contribution in [3.63, 3.8) is 0 Å². The summed E-state index contributed by atoms with van der Waals surface area (Å²) in [5, 5.41) is 7.62. The molecule has 2 aliphatic rings. The normalized spacial score (nSPS) is 13.0. The van der Waals surface area contributed by atoms with E-state index in [2.05, 4.69) is 197 Å². The Morgan fingerprint density at radius 1 is 0.373 bits per heavy atom. The van der Waals surface area contributed by atoms with E-state index in [9.17, 15) is 0 Å². The molecule has 0 bridgehead atoms. The third kappa shape index (κ3) is 4.23. The molecule has 272 valence electrons. The Hall–Kier alpha value is -7.76. The van der Waals surface area contributed by atoms with Gasteiger partial charge in [-0.1, -0.05) is 121 Å². The lowest BCUT2D eigenvalue weighted by molar-refractivity contribution is 0.479. The van der Waals surface area contributed by atoms with Gasteiger partial charge in [-0.15, -0.1) is 0 Å². The maximum Gasteiger partial charge on any atom is 0.434 e. The lowest BCUT2D eigenvalue weighted by Crippen LogP contribution is -2.53. The summed E-state index contributed by atoms with van der Waals surface area (Å²) in [4.78, 5) is 0. The first-order valence-electron chi connectivity index (χ1n) is 20.3. The van der Waals surface area contributed by atoms with Crippen molar-refractivity contribution < 1.29 is 9.39 Å². The van der Waals surface area contributed by atoms with Crippen LogP contribution in [0.15, 0.2) is 188 Å². The van der Waals surface area contributed by atoms with Crippen molar-refractivity contribution in [1.29, 1.82) is 0 Å². The van der Waals surface area contributed by atoms with Crippen molar-refractivity contribution in [3.8, 4) is 56.3 Å². The Labute approximate surface area is 339 Å². The molecular formula is C54H31BN2O2. The zero-order chi connectivity index (χ0) is 38.3. The summed E-state index contributed by atoms with van der Waals surface area (Å²) in [5.74, 6) is 2.54. The van der Waals surface area contributed by atoms with Crippen LogP contribution in [0.1, 0.15) is 0 Å². The highest BCUT2D eigenvalue weighted by Crippen LogP contribution is 2.44. The van der Waals surface area contributed by atoms with E-state index in [1.807, 2.05) is 0 Å². The molecule has 0 aliphatic carbocycles. The van der Waals surface area contributed by atoms with Crippen LogP contribution in [0.2, 0.25) is 0 Å². The van der Waals surface area contributed by atoms with Crippen molar-refractivity contribution >= 4 is 77.7 Å². The average Bonchev–Trinajstić information content (AvgIpc) is 3.94. The second-order valence-corrected chi connectivity index (χ2v) is 16.0. The molecule has 5 heteroatoms. The van der Waals surface area contributed by atoms with Gasteiger partial charge >= 0.3 is 6.92 Å². The molecular weight excluding hydrogens is 719 g/mol. The molecule has 5 heterocycles. The molecule has 9 aromatic carbocycles. The van der Waals surface area contributed by atoms with E-state index >= 15 is 0 Å². The monoisotopic (exact) mass is 750 g/mol. The van der Waals surface area contributed by atoms with Crippen LogP contribution in [0, 0.1) is 0 Å². The molecule has 0 amide bonds. The zero-order valence-corrected chi connectivity index (χ0v) is 31.7. The van der Waals surface area contributed by atoms with Crippen LogP contribution in [0.3, 0.4) is 0 Å². The van der Waals surface area contributed by atoms with Gasteiger partial charge in [0.25, 0.3) is 0 Å². The minimum absolute atomic E-state index is 0.315. The Balaban J connectivity index is 0.905. The molecule has 0 saturated heterocycles. The Kier molecular flexibility index (Phi) is 6.07. The predicted molar refractivity (Wildman–Crippen MR) is 244 cm³/mol. The summed E-state index contributed by atoms with van der Waals surface area (Å²) in [6.07, 6.45) is 0. The van der Waals surface area contributed by atoms with Gasteiger partial charge in [0.1, 0.15) is 17.2 Å². The molecule has 14 rings (SSSR count). The number of hydrogen-bond acceptors (Lipinski definition) is 2. The minimum Gasteiger partial charge on any atom is -0.551 e. The van der Waals surface area contributed by atoms with Crippen LogP contribution in [0.4, 0.5) is 0 Å². The molecule has 0 unspecified atom stereocenters. The van der Waals surface area contributed by atoms with Gasteiger partial charge in [0, 0.05) is 54.5 Å². The molecule has 0 saturated carbocycles. The maximum absolute atomic E-state index is 6.95. The third-order valence-electron chi connectivity index (χ3n) is 12.9. The zero-order valence-electron chi connectivity index (χ0n) is 31.7. The average molecular weight is 751 g/mol. The summed E-state index contributed by atoms with van der Waals surface area (Å²) in [7, 11) is 0. The van der Waals surface area contributed by atoms with Crippen molar-refractivity contribution in [2.45, 2.75) is 0 Å². The molecule has 0 N–H and O–H groups in total. The van der Waals surface area contributed by atoms with Crippen LogP contribution in [-0.4, -0.2) is 15.9 Å². The predicted octanol–water partition coefficient (Wildman–Crippen LogP) is 12.5. The minimum atomic E-state index is -0.315. The SMILES string of the molecule is c1cc(-c2ccc3c(c2)B2Oc4ccccc4-c4cc(-c5ccc6c(c5)c5cccc7c8ccccc8n6c75)cc(c42)O3)cc(-n2c3ccccc3c3ccccc32)c1. The van der Waals surface area contributed by atoms with Crippen LogP contribution in [0.25, 0.3) is 99.0 Å². The van der Waals surface area contributed by atoms with Crippen molar-refractivity contribution in [1.82, 2.24) is 8.97 Å². The molecule has 2 aliphatic heterocycles. The van der Waals surface area contributed by atoms with E-state index in [-0.39, 0.29) is 6.92 Å². The van der Waals surface area contributed by atoms with E-state index in [1.54, 1.807) is 0 Å². The highest BCUT2D eigenvalue weighted by atomic mass is 16.5. The summed E-state index contributed by atoms with van der Waals surface area (Å²) < 4.78 is 18.7. The molecule has 0 radical (unpaired) electrons. The van der Waals surface area contributed by atoms with Crippen molar-refractivity contribution in [3.05, 3.63) is 188 Å². The Bertz CT molecular complexity index is 3710. The van der Waals surface area contributed by atoms with Gasteiger partial charge in [0.05, 0.1) is 27.6 Å². The van der Waals surface area contributed by atoms with E-state index in [4.69, 9.17) is 9.39 Å². The maximum atomic E-state index is 6.95. The summed E-state index contributed by atoms with van der Waals surface area (Å²) >= 11 is 0. The smallest absolute Gasteiger partial charge is 0.434 e. The second kappa shape index (κ2) is 11.4. The molecule has 59 heavy (non-hydrogen) atoms. The van der Waals surface area contributed by atoms with Crippen molar-refractivity contribution in [2.75, 3.05) is 0 Å². The summed E-state index contributed by atoms with van der Waals surface area (Å²) in [5.41, 5.74) is 16.1. The number of aromatic nitrogens is 2. The number of hydrogen-bond donors (Lipinski definition) is 0. The van der Waals surface area contributed by atoms with E-state index in [0.717, 1.165) is 67.2 Å².